The van der Waals surface area contributed by atoms with E-state index in [2.05, 4.69) is 15.9 Å². The molecule has 5 heteroatoms. The fourth-order valence-corrected chi connectivity index (χ4v) is 3.96. The summed E-state index contributed by atoms with van der Waals surface area (Å²) in [7, 11) is 0. The summed E-state index contributed by atoms with van der Waals surface area (Å²) in [4.78, 5) is 14.5. The fraction of sp³-hybridized carbons (Fsp3) is 0.533. The predicted octanol–water partition coefficient (Wildman–Crippen LogP) is 3.65. The Kier molecular flexibility index (Phi) is 4.07. The van der Waals surface area contributed by atoms with Crippen LogP contribution in [0.15, 0.2) is 22.7 Å². The zero-order valence-electron chi connectivity index (χ0n) is 11.2. The number of carbonyl (C=O) groups excluding carboxylic acids is 1. The van der Waals surface area contributed by atoms with Crippen molar-refractivity contribution in [1.82, 2.24) is 4.90 Å². The second-order valence-electron chi connectivity index (χ2n) is 5.70. The molecule has 1 aromatic carbocycles. The molecule has 1 saturated heterocycles. The van der Waals surface area contributed by atoms with E-state index >= 15 is 0 Å². The highest BCUT2D eigenvalue weighted by atomic mass is 79.9. The topological polar surface area (TPSA) is 46.3 Å². The van der Waals surface area contributed by atoms with E-state index in [0.717, 1.165) is 35.7 Å². The lowest BCUT2D eigenvalue weighted by atomic mass is 9.96. The van der Waals surface area contributed by atoms with Gasteiger partial charge in [-0.3, -0.25) is 4.79 Å². The predicted molar refractivity (Wildman–Crippen MR) is 83.6 cm³/mol. The minimum atomic E-state index is -0.0378. The Bertz CT molecular complexity index is 533. The lowest BCUT2D eigenvalue weighted by Gasteiger charge is -2.34. The fourth-order valence-electron chi connectivity index (χ4n) is 3.04. The van der Waals surface area contributed by atoms with Crippen LogP contribution in [0, 0.1) is 0 Å². The van der Waals surface area contributed by atoms with Crippen molar-refractivity contribution in [3.05, 3.63) is 33.3 Å². The maximum absolute atomic E-state index is 12.4. The summed E-state index contributed by atoms with van der Waals surface area (Å²) in [5.41, 5.74) is 7.46. The van der Waals surface area contributed by atoms with Crippen LogP contribution in [0.5, 0.6) is 0 Å². The third-order valence-electron chi connectivity index (χ3n) is 4.14. The van der Waals surface area contributed by atoms with E-state index < -0.39 is 0 Å². The van der Waals surface area contributed by atoms with Gasteiger partial charge in [-0.05, 0) is 43.4 Å². The summed E-state index contributed by atoms with van der Waals surface area (Å²) >= 11 is 9.60. The van der Waals surface area contributed by atoms with Gasteiger partial charge < -0.3 is 10.6 Å². The average molecular weight is 358 g/mol. The monoisotopic (exact) mass is 356 g/mol. The Hall–Kier alpha value is -0.580. The number of hydrogen-bond acceptors (Lipinski definition) is 2. The molecule has 3 nitrogen and oxygen atoms in total. The molecular formula is C15H18BrClN2O. The van der Waals surface area contributed by atoms with Crippen molar-refractivity contribution < 1.29 is 4.79 Å². The number of benzene rings is 1. The van der Waals surface area contributed by atoms with Gasteiger partial charge >= 0.3 is 0 Å². The molecule has 2 fully saturated rings. The normalized spacial score (nSPS) is 27.6. The summed E-state index contributed by atoms with van der Waals surface area (Å²) in [6.07, 6.45) is 4.58. The largest absolute Gasteiger partial charge is 0.331 e. The molecular weight excluding hydrogens is 340 g/mol. The van der Waals surface area contributed by atoms with Gasteiger partial charge in [-0.2, -0.15) is 0 Å². The van der Waals surface area contributed by atoms with Gasteiger partial charge in [-0.25, -0.2) is 0 Å². The van der Waals surface area contributed by atoms with Crippen LogP contribution >= 0.6 is 27.5 Å². The van der Waals surface area contributed by atoms with Crippen molar-refractivity contribution in [2.24, 2.45) is 5.73 Å². The molecule has 2 atom stereocenters. The van der Waals surface area contributed by atoms with Gasteiger partial charge in [0.2, 0.25) is 5.91 Å². The molecule has 1 aliphatic heterocycles. The molecule has 108 valence electrons. The first-order valence-corrected chi connectivity index (χ1v) is 8.26. The SMILES string of the molecule is NC1CCCC(=O)N(C2CC2)C1c1ccc(Cl)cc1Br. The number of rotatable bonds is 2. The molecule has 0 aromatic heterocycles. The smallest absolute Gasteiger partial charge is 0.223 e. The van der Waals surface area contributed by atoms with Crippen LogP contribution in [-0.4, -0.2) is 22.9 Å². The van der Waals surface area contributed by atoms with Gasteiger partial charge in [0.15, 0.2) is 0 Å². The number of halogens is 2. The van der Waals surface area contributed by atoms with E-state index in [0.29, 0.717) is 17.5 Å². The van der Waals surface area contributed by atoms with Crippen LogP contribution in [0.3, 0.4) is 0 Å². The lowest BCUT2D eigenvalue weighted by Crippen LogP contribution is -2.43. The van der Waals surface area contributed by atoms with E-state index in [4.69, 9.17) is 17.3 Å². The molecule has 1 aromatic rings. The van der Waals surface area contributed by atoms with Gasteiger partial charge in [0.25, 0.3) is 0 Å². The first-order chi connectivity index (χ1) is 9.58. The number of nitrogens with zero attached hydrogens (tertiary/aromatic N) is 1. The minimum Gasteiger partial charge on any atom is -0.331 e. The van der Waals surface area contributed by atoms with Crippen molar-refractivity contribution >= 4 is 33.4 Å². The molecule has 2 aliphatic rings. The third kappa shape index (κ3) is 2.74. The molecule has 1 aliphatic carbocycles. The number of amides is 1. The Labute approximate surface area is 132 Å². The Balaban J connectivity index is 2.02. The first kappa shape index (κ1) is 14.4. The van der Waals surface area contributed by atoms with Crippen LogP contribution < -0.4 is 5.73 Å². The van der Waals surface area contributed by atoms with Crippen LogP contribution in [0.1, 0.15) is 43.7 Å². The highest BCUT2D eigenvalue weighted by Crippen LogP contribution is 2.41. The molecule has 0 spiro atoms. The second kappa shape index (κ2) is 5.66. The molecule has 1 heterocycles. The average Bonchev–Trinajstić information content (AvgIpc) is 3.20. The maximum Gasteiger partial charge on any atom is 0.223 e. The first-order valence-electron chi connectivity index (χ1n) is 7.09. The van der Waals surface area contributed by atoms with Crippen LogP contribution in [0.2, 0.25) is 5.02 Å². The highest BCUT2D eigenvalue weighted by molar-refractivity contribution is 9.10. The van der Waals surface area contributed by atoms with Crippen LogP contribution in [-0.2, 0) is 4.79 Å². The third-order valence-corrected chi connectivity index (χ3v) is 5.06. The molecule has 3 rings (SSSR count). The Morgan fingerprint density at radius 3 is 2.70 bits per heavy atom. The molecule has 1 amide bonds. The van der Waals surface area contributed by atoms with E-state index in [1.807, 2.05) is 23.1 Å². The Morgan fingerprint density at radius 1 is 1.30 bits per heavy atom. The van der Waals surface area contributed by atoms with Crippen LogP contribution in [0.4, 0.5) is 0 Å². The van der Waals surface area contributed by atoms with Gasteiger partial charge in [-0.1, -0.05) is 33.6 Å². The second-order valence-corrected chi connectivity index (χ2v) is 6.99. The zero-order chi connectivity index (χ0) is 14.3. The molecule has 2 N–H and O–H groups in total. The van der Waals surface area contributed by atoms with Gasteiger partial charge in [0.05, 0.1) is 6.04 Å². The van der Waals surface area contributed by atoms with Crippen molar-refractivity contribution in [3.63, 3.8) is 0 Å². The summed E-state index contributed by atoms with van der Waals surface area (Å²) in [6.45, 7) is 0. The van der Waals surface area contributed by atoms with Gasteiger partial charge in [0.1, 0.15) is 0 Å². The van der Waals surface area contributed by atoms with E-state index in [-0.39, 0.29) is 18.0 Å². The van der Waals surface area contributed by atoms with Crippen molar-refractivity contribution in [2.75, 3.05) is 0 Å². The number of likely N-dealkylation sites (tertiary alicyclic amines) is 1. The standard InChI is InChI=1S/C15H18BrClN2O/c16-12-8-9(17)4-7-11(12)15-13(18)2-1-3-14(20)19(15)10-5-6-10/h4,7-8,10,13,15H,1-3,5-6,18H2. The lowest BCUT2D eigenvalue weighted by molar-refractivity contribution is -0.133. The molecule has 0 radical (unpaired) electrons. The van der Waals surface area contributed by atoms with E-state index in [9.17, 15) is 4.79 Å². The number of nitrogens with two attached hydrogens (primary N) is 1. The quantitative estimate of drug-likeness (QED) is 0.878. The summed E-state index contributed by atoms with van der Waals surface area (Å²) in [6, 6.07) is 6.06. The van der Waals surface area contributed by atoms with Gasteiger partial charge in [-0.15, -0.1) is 0 Å². The minimum absolute atomic E-state index is 0.0143. The summed E-state index contributed by atoms with van der Waals surface area (Å²) in [5, 5.41) is 0.687. The maximum atomic E-state index is 12.4. The van der Waals surface area contributed by atoms with Crippen LogP contribution in [0.25, 0.3) is 0 Å². The summed E-state index contributed by atoms with van der Waals surface area (Å²) in [5.74, 6) is 0.243. The molecule has 20 heavy (non-hydrogen) atoms. The summed E-state index contributed by atoms with van der Waals surface area (Å²) < 4.78 is 0.936. The Morgan fingerprint density at radius 2 is 2.05 bits per heavy atom. The van der Waals surface area contributed by atoms with Crippen molar-refractivity contribution in [1.29, 1.82) is 0 Å². The van der Waals surface area contributed by atoms with E-state index in [1.54, 1.807) is 0 Å². The van der Waals surface area contributed by atoms with Crippen molar-refractivity contribution in [3.8, 4) is 0 Å². The highest BCUT2D eigenvalue weighted by Gasteiger charge is 2.42. The van der Waals surface area contributed by atoms with Crippen molar-refractivity contribution in [2.45, 2.75) is 50.2 Å². The number of hydrogen-bond donors (Lipinski definition) is 1. The molecule has 2 unspecified atom stereocenters. The molecule has 0 bridgehead atoms. The molecule has 1 saturated carbocycles. The number of carbonyl (C=O) groups is 1. The zero-order valence-corrected chi connectivity index (χ0v) is 13.5. The van der Waals surface area contributed by atoms with Gasteiger partial charge in [0, 0.05) is 28.0 Å². The van der Waals surface area contributed by atoms with E-state index in [1.165, 1.54) is 0 Å².